The molecule has 0 bridgehead atoms. The van der Waals surface area contributed by atoms with Crippen molar-refractivity contribution in [1.82, 2.24) is 0 Å². The van der Waals surface area contributed by atoms with Crippen molar-refractivity contribution in [2.75, 3.05) is 5.32 Å². The average molecular weight is 243 g/mol. The predicted molar refractivity (Wildman–Crippen MR) is 73.5 cm³/mol. The van der Waals surface area contributed by atoms with E-state index in [-0.39, 0.29) is 12.3 Å². The number of aliphatic hydroxyl groups excluding tert-OH is 1. The zero-order valence-corrected chi connectivity index (χ0v) is 10.4. The molecule has 1 amide bonds. The molecule has 0 aliphatic rings. The van der Waals surface area contributed by atoms with Crippen molar-refractivity contribution in [2.24, 2.45) is 0 Å². The zero-order valence-electron chi connectivity index (χ0n) is 10.4. The number of amides is 1. The van der Waals surface area contributed by atoms with Gasteiger partial charge < -0.3 is 10.4 Å². The van der Waals surface area contributed by atoms with Gasteiger partial charge in [0.15, 0.2) is 0 Å². The molecule has 0 radical (unpaired) electrons. The molecule has 0 aromatic heterocycles. The van der Waals surface area contributed by atoms with Gasteiger partial charge >= 0.3 is 0 Å². The average Bonchev–Trinajstić information content (AvgIpc) is 2.39. The lowest BCUT2D eigenvalue weighted by atomic mass is 10.1. The molecule has 1 atom stereocenters. The molecule has 2 aromatic rings. The molecule has 0 fully saturated rings. The fourth-order valence-corrected chi connectivity index (χ4v) is 1.89. The highest BCUT2D eigenvalue weighted by Crippen LogP contribution is 2.23. The van der Waals surface area contributed by atoms with Crippen molar-refractivity contribution >= 4 is 22.4 Å². The van der Waals surface area contributed by atoms with Gasteiger partial charge in [0.2, 0.25) is 5.91 Å². The van der Waals surface area contributed by atoms with E-state index >= 15 is 0 Å². The standard InChI is InChI=1S/C15H17NO2/c1-2-12(17)10-15(18)16-14-9-5-7-11-6-3-4-8-13(11)14/h3-9,12,17H,2,10H2,1H3,(H,16,18). The fraction of sp³-hybridized carbons (Fsp3) is 0.267. The molecular weight excluding hydrogens is 226 g/mol. The van der Waals surface area contributed by atoms with Gasteiger partial charge in [-0.15, -0.1) is 0 Å². The highest BCUT2D eigenvalue weighted by Gasteiger charge is 2.10. The van der Waals surface area contributed by atoms with Crippen LogP contribution in [0.5, 0.6) is 0 Å². The van der Waals surface area contributed by atoms with Crippen molar-refractivity contribution in [3.63, 3.8) is 0 Å². The third kappa shape index (κ3) is 2.87. The van der Waals surface area contributed by atoms with Gasteiger partial charge in [0.1, 0.15) is 0 Å². The van der Waals surface area contributed by atoms with E-state index < -0.39 is 6.10 Å². The summed E-state index contributed by atoms with van der Waals surface area (Å²) in [5, 5.41) is 14.4. The normalized spacial score (nSPS) is 12.3. The van der Waals surface area contributed by atoms with E-state index in [2.05, 4.69) is 5.32 Å². The predicted octanol–water partition coefficient (Wildman–Crippen LogP) is 2.94. The van der Waals surface area contributed by atoms with Gasteiger partial charge in [-0.3, -0.25) is 4.79 Å². The summed E-state index contributed by atoms with van der Waals surface area (Å²) in [7, 11) is 0. The zero-order chi connectivity index (χ0) is 13.0. The first kappa shape index (κ1) is 12.6. The van der Waals surface area contributed by atoms with Gasteiger partial charge in [-0.1, -0.05) is 43.3 Å². The summed E-state index contributed by atoms with van der Waals surface area (Å²) < 4.78 is 0. The Hall–Kier alpha value is -1.87. The van der Waals surface area contributed by atoms with Crippen LogP contribution in [0.2, 0.25) is 0 Å². The lowest BCUT2D eigenvalue weighted by Crippen LogP contribution is -2.19. The molecule has 0 saturated heterocycles. The third-order valence-corrected chi connectivity index (χ3v) is 2.96. The summed E-state index contributed by atoms with van der Waals surface area (Å²) in [5.41, 5.74) is 0.793. The number of fused-ring (bicyclic) bond motifs is 1. The number of carbonyl (C=O) groups is 1. The van der Waals surface area contributed by atoms with Crippen LogP contribution in [0.3, 0.4) is 0 Å². The minimum atomic E-state index is -0.569. The van der Waals surface area contributed by atoms with Crippen molar-refractivity contribution in [3.8, 4) is 0 Å². The molecule has 1 unspecified atom stereocenters. The minimum absolute atomic E-state index is 0.139. The lowest BCUT2D eigenvalue weighted by molar-refractivity contribution is -0.118. The molecule has 3 heteroatoms. The second-order valence-electron chi connectivity index (χ2n) is 4.34. The van der Waals surface area contributed by atoms with E-state index in [1.807, 2.05) is 49.4 Å². The molecule has 94 valence electrons. The van der Waals surface area contributed by atoms with Crippen LogP contribution < -0.4 is 5.32 Å². The monoisotopic (exact) mass is 243 g/mol. The summed E-state index contributed by atoms with van der Waals surface area (Å²) in [6.45, 7) is 1.86. The van der Waals surface area contributed by atoms with E-state index in [1.54, 1.807) is 0 Å². The number of rotatable bonds is 4. The summed E-state index contributed by atoms with van der Waals surface area (Å²) in [6, 6.07) is 13.7. The van der Waals surface area contributed by atoms with E-state index in [4.69, 9.17) is 0 Å². The Morgan fingerprint density at radius 1 is 1.22 bits per heavy atom. The Morgan fingerprint density at radius 2 is 1.94 bits per heavy atom. The largest absolute Gasteiger partial charge is 0.393 e. The lowest BCUT2D eigenvalue weighted by Gasteiger charge is -2.10. The summed E-state index contributed by atoms with van der Waals surface area (Å²) in [5.74, 6) is -0.152. The number of hydrogen-bond donors (Lipinski definition) is 2. The molecular formula is C15H17NO2. The van der Waals surface area contributed by atoms with Crippen LogP contribution in [0.25, 0.3) is 10.8 Å². The maximum absolute atomic E-state index is 11.8. The Kier molecular flexibility index (Phi) is 3.95. The van der Waals surface area contributed by atoms with E-state index in [1.165, 1.54) is 0 Å². The first-order chi connectivity index (χ1) is 8.70. The minimum Gasteiger partial charge on any atom is -0.393 e. The van der Waals surface area contributed by atoms with Gasteiger partial charge in [-0.05, 0) is 17.9 Å². The van der Waals surface area contributed by atoms with Gasteiger partial charge in [0.25, 0.3) is 0 Å². The topological polar surface area (TPSA) is 49.3 Å². The molecule has 0 aliphatic heterocycles. The van der Waals surface area contributed by atoms with Crippen molar-refractivity contribution < 1.29 is 9.90 Å². The molecule has 0 heterocycles. The molecule has 2 N–H and O–H groups in total. The first-order valence-electron chi connectivity index (χ1n) is 6.16. The maximum atomic E-state index is 11.8. The van der Waals surface area contributed by atoms with Crippen LogP contribution in [0.15, 0.2) is 42.5 Å². The Bertz CT molecular complexity index is 546. The van der Waals surface area contributed by atoms with E-state index in [0.29, 0.717) is 6.42 Å². The van der Waals surface area contributed by atoms with Crippen LogP contribution in [-0.2, 0) is 4.79 Å². The first-order valence-corrected chi connectivity index (χ1v) is 6.16. The van der Waals surface area contributed by atoms with Crippen LogP contribution in [-0.4, -0.2) is 17.1 Å². The Morgan fingerprint density at radius 3 is 2.72 bits per heavy atom. The number of carbonyl (C=O) groups excluding carboxylic acids is 1. The van der Waals surface area contributed by atoms with Crippen LogP contribution >= 0.6 is 0 Å². The van der Waals surface area contributed by atoms with Crippen molar-refractivity contribution in [1.29, 1.82) is 0 Å². The number of anilines is 1. The smallest absolute Gasteiger partial charge is 0.226 e. The van der Waals surface area contributed by atoms with Gasteiger partial charge in [-0.2, -0.15) is 0 Å². The highest BCUT2D eigenvalue weighted by molar-refractivity contribution is 6.02. The van der Waals surface area contributed by atoms with Crippen LogP contribution in [0.1, 0.15) is 19.8 Å². The number of benzene rings is 2. The second kappa shape index (κ2) is 5.65. The van der Waals surface area contributed by atoms with Crippen molar-refractivity contribution in [2.45, 2.75) is 25.9 Å². The third-order valence-electron chi connectivity index (χ3n) is 2.96. The highest BCUT2D eigenvalue weighted by atomic mass is 16.3. The molecule has 2 aromatic carbocycles. The number of nitrogens with one attached hydrogen (secondary N) is 1. The van der Waals surface area contributed by atoms with Gasteiger partial charge in [-0.25, -0.2) is 0 Å². The quantitative estimate of drug-likeness (QED) is 0.867. The number of hydrogen-bond acceptors (Lipinski definition) is 2. The van der Waals surface area contributed by atoms with Gasteiger partial charge in [0.05, 0.1) is 12.5 Å². The second-order valence-corrected chi connectivity index (χ2v) is 4.34. The maximum Gasteiger partial charge on any atom is 0.226 e. The molecule has 3 nitrogen and oxygen atoms in total. The van der Waals surface area contributed by atoms with E-state index in [0.717, 1.165) is 16.5 Å². The molecule has 0 spiro atoms. The van der Waals surface area contributed by atoms with E-state index in [9.17, 15) is 9.90 Å². The van der Waals surface area contributed by atoms with Crippen LogP contribution in [0.4, 0.5) is 5.69 Å². The SMILES string of the molecule is CCC(O)CC(=O)Nc1cccc2ccccc12. The van der Waals surface area contributed by atoms with Crippen molar-refractivity contribution in [3.05, 3.63) is 42.5 Å². The molecule has 0 aliphatic carbocycles. The molecule has 0 saturated carbocycles. The molecule has 18 heavy (non-hydrogen) atoms. The van der Waals surface area contributed by atoms with Crippen LogP contribution in [0, 0.1) is 0 Å². The Labute approximate surface area is 106 Å². The number of aliphatic hydroxyl groups is 1. The Balaban J connectivity index is 2.19. The summed E-state index contributed by atoms with van der Waals surface area (Å²) in [6.07, 6.45) is 0.155. The van der Waals surface area contributed by atoms with Gasteiger partial charge in [0, 0.05) is 11.1 Å². The molecule has 2 rings (SSSR count). The summed E-state index contributed by atoms with van der Waals surface area (Å²) >= 11 is 0. The summed E-state index contributed by atoms with van der Waals surface area (Å²) in [4.78, 5) is 11.8. The fourth-order valence-electron chi connectivity index (χ4n) is 1.89.